The Bertz CT molecular complexity index is 570. The summed E-state index contributed by atoms with van der Waals surface area (Å²) in [6.07, 6.45) is -0.892. The van der Waals surface area contributed by atoms with Gasteiger partial charge in [-0.15, -0.1) is 0 Å². The fourth-order valence-electron chi connectivity index (χ4n) is 1.58. The van der Waals surface area contributed by atoms with E-state index in [1.807, 2.05) is 6.92 Å². The molecule has 0 fully saturated rings. The highest BCUT2D eigenvalue weighted by Gasteiger charge is 2.21. The van der Waals surface area contributed by atoms with Crippen molar-refractivity contribution in [3.05, 3.63) is 17.7 Å². The lowest BCUT2D eigenvalue weighted by Crippen LogP contribution is -2.17. The first-order valence-corrected chi connectivity index (χ1v) is 7.02. The number of hydrogen-bond donors (Lipinski definition) is 0. The van der Waals surface area contributed by atoms with Crippen LogP contribution in [0.4, 0.5) is 4.79 Å². The normalized spacial score (nSPS) is 11.2. The van der Waals surface area contributed by atoms with Crippen LogP contribution >= 0.6 is 0 Å². The molecule has 0 aliphatic rings. The molecular weight excluding hydrogens is 324 g/mol. The fraction of sp³-hybridized carbons (Fsp3) is 0.467. The van der Waals surface area contributed by atoms with Gasteiger partial charge in [-0.3, -0.25) is 4.89 Å². The summed E-state index contributed by atoms with van der Waals surface area (Å²) in [5, 5.41) is 4.13. The molecule has 1 unspecified atom stereocenters. The van der Waals surface area contributed by atoms with Crippen molar-refractivity contribution < 1.29 is 43.3 Å². The summed E-state index contributed by atoms with van der Waals surface area (Å²) in [6, 6.07) is 2.77. The summed E-state index contributed by atoms with van der Waals surface area (Å²) >= 11 is 0. The van der Waals surface area contributed by atoms with E-state index in [0.29, 0.717) is 12.2 Å². The van der Waals surface area contributed by atoms with Crippen LogP contribution in [0.5, 0.6) is 17.2 Å². The third-order valence-electron chi connectivity index (χ3n) is 3.01. The summed E-state index contributed by atoms with van der Waals surface area (Å²) in [5.41, 5.74) is -0.0194. The molecule has 0 spiro atoms. The SMILES string of the molecule is CCC(C)OC(=O)OOOC(=O)c1cc(OC)c(OC)cc1OC. The summed E-state index contributed by atoms with van der Waals surface area (Å²) < 4.78 is 20.0. The van der Waals surface area contributed by atoms with Gasteiger partial charge in [0, 0.05) is 12.1 Å². The molecule has 0 saturated heterocycles. The molecule has 24 heavy (non-hydrogen) atoms. The minimum absolute atomic E-state index is 0.0194. The second-order valence-corrected chi connectivity index (χ2v) is 4.52. The van der Waals surface area contributed by atoms with Gasteiger partial charge in [0.2, 0.25) is 0 Å². The number of hydrogen-bond acceptors (Lipinski definition) is 9. The molecule has 0 radical (unpaired) electrons. The van der Waals surface area contributed by atoms with Gasteiger partial charge in [-0.2, -0.15) is 0 Å². The minimum Gasteiger partial charge on any atom is -0.496 e. The van der Waals surface area contributed by atoms with Crippen molar-refractivity contribution in [2.75, 3.05) is 21.3 Å². The second kappa shape index (κ2) is 9.46. The molecule has 0 saturated carbocycles. The van der Waals surface area contributed by atoms with E-state index in [4.69, 9.17) is 18.9 Å². The van der Waals surface area contributed by atoms with Crippen LogP contribution in [0, 0.1) is 0 Å². The van der Waals surface area contributed by atoms with Crippen LogP contribution in [0.2, 0.25) is 0 Å². The molecule has 0 amide bonds. The lowest BCUT2D eigenvalue weighted by atomic mass is 10.1. The zero-order chi connectivity index (χ0) is 18.1. The maximum absolute atomic E-state index is 12.0. The van der Waals surface area contributed by atoms with Gasteiger partial charge in [0.05, 0.1) is 26.4 Å². The summed E-state index contributed by atoms with van der Waals surface area (Å²) in [4.78, 5) is 31.8. The van der Waals surface area contributed by atoms with Crippen LogP contribution in [0.15, 0.2) is 12.1 Å². The molecule has 0 N–H and O–H groups in total. The molecule has 0 aliphatic heterocycles. The summed E-state index contributed by atoms with van der Waals surface area (Å²) in [6.45, 7) is 3.49. The number of ether oxygens (including phenoxy) is 4. The van der Waals surface area contributed by atoms with E-state index in [-0.39, 0.29) is 23.2 Å². The van der Waals surface area contributed by atoms with Gasteiger partial charge >= 0.3 is 12.1 Å². The molecule has 134 valence electrons. The van der Waals surface area contributed by atoms with Gasteiger partial charge in [0.25, 0.3) is 0 Å². The first-order chi connectivity index (χ1) is 11.5. The maximum atomic E-state index is 12.0. The molecule has 9 nitrogen and oxygen atoms in total. The van der Waals surface area contributed by atoms with Crippen molar-refractivity contribution in [2.24, 2.45) is 0 Å². The first kappa shape index (κ1) is 19.4. The lowest BCUT2D eigenvalue weighted by molar-refractivity contribution is -0.452. The van der Waals surface area contributed by atoms with Gasteiger partial charge in [-0.25, -0.2) is 14.5 Å². The topological polar surface area (TPSA) is 98.8 Å². The largest absolute Gasteiger partial charge is 0.543 e. The third-order valence-corrected chi connectivity index (χ3v) is 3.01. The van der Waals surface area contributed by atoms with Crippen LogP contribution in [0.3, 0.4) is 0 Å². The van der Waals surface area contributed by atoms with E-state index in [9.17, 15) is 9.59 Å². The first-order valence-electron chi connectivity index (χ1n) is 7.02. The van der Waals surface area contributed by atoms with Crippen molar-refractivity contribution in [1.82, 2.24) is 0 Å². The van der Waals surface area contributed by atoms with Crippen LogP contribution < -0.4 is 14.2 Å². The Hall–Kier alpha value is -2.68. The molecule has 1 atom stereocenters. The van der Waals surface area contributed by atoms with E-state index in [1.165, 1.54) is 33.5 Å². The molecule has 0 aromatic heterocycles. The van der Waals surface area contributed by atoms with Crippen molar-refractivity contribution in [3.8, 4) is 17.2 Å². The van der Waals surface area contributed by atoms with Crippen molar-refractivity contribution in [2.45, 2.75) is 26.4 Å². The van der Waals surface area contributed by atoms with Crippen molar-refractivity contribution in [1.29, 1.82) is 0 Å². The highest BCUT2D eigenvalue weighted by Crippen LogP contribution is 2.34. The summed E-state index contributed by atoms with van der Waals surface area (Å²) in [5.74, 6) is -0.171. The average molecular weight is 344 g/mol. The van der Waals surface area contributed by atoms with Crippen LogP contribution in [0.1, 0.15) is 30.6 Å². The molecular formula is C15H20O9. The number of rotatable bonds is 8. The van der Waals surface area contributed by atoms with Crippen LogP contribution in [-0.4, -0.2) is 39.6 Å². The Kier molecular flexibility index (Phi) is 7.63. The molecule has 0 heterocycles. The molecule has 1 rings (SSSR count). The standard InChI is InChI=1S/C15H20O9/c1-6-9(2)21-15(17)23-24-22-14(16)10-7-12(19-4)13(20-5)8-11(10)18-3/h7-9H,6H2,1-5H3. The molecule has 0 bridgehead atoms. The van der Waals surface area contributed by atoms with E-state index >= 15 is 0 Å². The van der Waals surface area contributed by atoms with Gasteiger partial charge in [0.1, 0.15) is 17.4 Å². The highest BCUT2D eigenvalue weighted by molar-refractivity contribution is 5.93. The molecule has 1 aromatic rings. The van der Waals surface area contributed by atoms with E-state index in [2.05, 4.69) is 14.8 Å². The van der Waals surface area contributed by atoms with E-state index < -0.39 is 12.1 Å². The summed E-state index contributed by atoms with van der Waals surface area (Å²) in [7, 11) is 4.21. The molecule has 0 aliphatic carbocycles. The number of methoxy groups -OCH3 is 3. The zero-order valence-corrected chi connectivity index (χ0v) is 14.1. The van der Waals surface area contributed by atoms with E-state index in [0.717, 1.165) is 0 Å². The predicted molar refractivity (Wildman–Crippen MR) is 79.9 cm³/mol. The Labute approximate surface area is 139 Å². The Morgan fingerprint density at radius 2 is 1.54 bits per heavy atom. The predicted octanol–water partition coefficient (Wildman–Crippen LogP) is 2.67. The highest BCUT2D eigenvalue weighted by atomic mass is 17.5. The van der Waals surface area contributed by atoms with Crippen LogP contribution in [-0.2, 0) is 19.6 Å². The minimum atomic E-state index is -1.13. The van der Waals surface area contributed by atoms with E-state index in [1.54, 1.807) is 6.92 Å². The third kappa shape index (κ3) is 5.20. The number of carbonyl (C=O) groups is 2. The van der Waals surface area contributed by atoms with Crippen molar-refractivity contribution >= 4 is 12.1 Å². The quantitative estimate of drug-likeness (QED) is 0.400. The Balaban J connectivity index is 2.72. The lowest BCUT2D eigenvalue weighted by Gasteiger charge is -2.12. The van der Waals surface area contributed by atoms with Gasteiger partial charge in [-0.05, 0) is 13.3 Å². The fourth-order valence-corrected chi connectivity index (χ4v) is 1.58. The molecule has 9 heteroatoms. The van der Waals surface area contributed by atoms with Gasteiger partial charge in [-0.1, -0.05) is 6.92 Å². The van der Waals surface area contributed by atoms with Crippen molar-refractivity contribution in [3.63, 3.8) is 0 Å². The number of carbonyl (C=O) groups excluding carboxylic acids is 2. The van der Waals surface area contributed by atoms with Gasteiger partial charge < -0.3 is 18.9 Å². The maximum Gasteiger partial charge on any atom is 0.543 e. The number of benzene rings is 1. The smallest absolute Gasteiger partial charge is 0.496 e. The second-order valence-electron chi connectivity index (χ2n) is 4.52. The Morgan fingerprint density at radius 1 is 0.958 bits per heavy atom. The van der Waals surface area contributed by atoms with Gasteiger partial charge in [0.15, 0.2) is 11.5 Å². The zero-order valence-electron chi connectivity index (χ0n) is 14.1. The Morgan fingerprint density at radius 3 is 2.08 bits per heavy atom. The monoisotopic (exact) mass is 344 g/mol. The average Bonchev–Trinajstić information content (AvgIpc) is 2.59. The molecule has 1 aromatic carbocycles. The van der Waals surface area contributed by atoms with Crippen LogP contribution in [0.25, 0.3) is 0 Å².